The van der Waals surface area contributed by atoms with E-state index in [0.29, 0.717) is 11.4 Å². The van der Waals surface area contributed by atoms with Crippen LogP contribution in [0.1, 0.15) is 40.0 Å². The van der Waals surface area contributed by atoms with Crippen LogP contribution in [0.4, 0.5) is 10.1 Å². The zero-order valence-corrected chi connectivity index (χ0v) is 15.8. The average Bonchev–Trinajstić information content (AvgIpc) is 3.35. The number of aromatic nitrogens is 2. The first kappa shape index (κ1) is 18.8. The van der Waals surface area contributed by atoms with Crippen molar-refractivity contribution < 1.29 is 18.5 Å². The van der Waals surface area contributed by atoms with E-state index in [1.165, 1.54) is 11.0 Å². The lowest BCUT2D eigenvalue weighted by molar-refractivity contribution is -0.117. The number of anilines is 1. The van der Waals surface area contributed by atoms with Gasteiger partial charge in [0.05, 0.1) is 12.2 Å². The summed E-state index contributed by atoms with van der Waals surface area (Å²) in [5.41, 5.74) is 1.66. The minimum absolute atomic E-state index is 0.0810. The van der Waals surface area contributed by atoms with E-state index in [2.05, 4.69) is 15.5 Å². The number of nitrogens with one attached hydrogen (secondary N) is 1. The van der Waals surface area contributed by atoms with Crippen molar-refractivity contribution in [3.8, 4) is 0 Å². The summed E-state index contributed by atoms with van der Waals surface area (Å²) in [7, 11) is 0. The third-order valence-electron chi connectivity index (χ3n) is 4.80. The van der Waals surface area contributed by atoms with Gasteiger partial charge in [0.1, 0.15) is 5.82 Å². The second-order valence-corrected chi connectivity index (χ2v) is 6.96. The molecule has 148 valence electrons. The van der Waals surface area contributed by atoms with Crippen molar-refractivity contribution >= 4 is 17.5 Å². The topological polar surface area (TPSA) is 88.3 Å². The standard InChI is InChI=1S/C21H19FN4O3/c1-13-7-8-16(22)17(9-13)26-12-15(10-19(26)27)20-24-18(29-25-20)11-23-21(28)14-5-3-2-4-6-14/h2-9,15H,10-12H2,1H3,(H,23,28). The van der Waals surface area contributed by atoms with Gasteiger partial charge < -0.3 is 14.7 Å². The summed E-state index contributed by atoms with van der Waals surface area (Å²) in [6, 6.07) is 13.5. The zero-order valence-electron chi connectivity index (χ0n) is 15.8. The fourth-order valence-corrected chi connectivity index (χ4v) is 3.30. The van der Waals surface area contributed by atoms with Gasteiger partial charge >= 0.3 is 0 Å². The number of hydrogen-bond donors (Lipinski definition) is 1. The fraction of sp³-hybridized carbons (Fsp3) is 0.238. The number of rotatable bonds is 5. The van der Waals surface area contributed by atoms with Gasteiger partial charge in [-0.25, -0.2) is 4.39 Å². The Balaban J connectivity index is 1.41. The number of nitrogens with zero attached hydrogens (tertiary/aromatic N) is 3. The summed E-state index contributed by atoms with van der Waals surface area (Å²) in [5.74, 6) is -0.563. The van der Waals surface area contributed by atoms with Crippen LogP contribution in [0.15, 0.2) is 53.1 Å². The van der Waals surface area contributed by atoms with E-state index in [1.807, 2.05) is 13.0 Å². The Kier molecular flexibility index (Phi) is 5.07. The molecule has 1 unspecified atom stereocenters. The Bertz CT molecular complexity index is 1050. The van der Waals surface area contributed by atoms with Crippen molar-refractivity contribution in [2.24, 2.45) is 0 Å². The minimum atomic E-state index is -0.443. The largest absolute Gasteiger partial charge is 0.343 e. The minimum Gasteiger partial charge on any atom is -0.343 e. The quantitative estimate of drug-likeness (QED) is 0.719. The highest BCUT2D eigenvalue weighted by atomic mass is 19.1. The molecule has 1 aliphatic rings. The first-order valence-corrected chi connectivity index (χ1v) is 9.23. The highest BCUT2D eigenvalue weighted by Crippen LogP contribution is 2.32. The molecule has 3 aromatic rings. The number of halogens is 1. The monoisotopic (exact) mass is 394 g/mol. The van der Waals surface area contributed by atoms with E-state index in [1.54, 1.807) is 36.4 Å². The van der Waals surface area contributed by atoms with E-state index in [-0.39, 0.29) is 48.8 Å². The van der Waals surface area contributed by atoms with Crippen molar-refractivity contribution in [2.45, 2.75) is 25.8 Å². The van der Waals surface area contributed by atoms with E-state index >= 15 is 0 Å². The molecule has 1 aliphatic heterocycles. The summed E-state index contributed by atoms with van der Waals surface area (Å²) in [6.45, 7) is 2.20. The Labute approximate surface area is 166 Å². The van der Waals surface area contributed by atoms with Gasteiger partial charge in [-0.15, -0.1) is 0 Å². The molecule has 0 radical (unpaired) electrons. The lowest BCUT2D eigenvalue weighted by Crippen LogP contribution is -2.25. The number of amides is 2. The summed E-state index contributed by atoms with van der Waals surface area (Å²) in [6.07, 6.45) is 0.169. The van der Waals surface area contributed by atoms with Crippen LogP contribution in [0.25, 0.3) is 0 Å². The fourth-order valence-electron chi connectivity index (χ4n) is 3.30. The maximum Gasteiger partial charge on any atom is 0.251 e. The number of aryl methyl sites for hydroxylation is 1. The van der Waals surface area contributed by atoms with Crippen LogP contribution in [0.5, 0.6) is 0 Å². The van der Waals surface area contributed by atoms with Gasteiger partial charge in [0, 0.05) is 24.4 Å². The Morgan fingerprint density at radius 2 is 2.07 bits per heavy atom. The van der Waals surface area contributed by atoms with Crippen molar-refractivity contribution in [3.05, 3.63) is 77.2 Å². The molecule has 1 aromatic heterocycles. The van der Waals surface area contributed by atoms with Crippen LogP contribution in [-0.2, 0) is 11.3 Å². The number of carbonyl (C=O) groups is 2. The van der Waals surface area contributed by atoms with Crippen LogP contribution in [0.2, 0.25) is 0 Å². The summed E-state index contributed by atoms with van der Waals surface area (Å²) < 4.78 is 19.4. The molecular formula is C21H19FN4O3. The predicted molar refractivity (Wildman–Crippen MR) is 103 cm³/mol. The molecule has 29 heavy (non-hydrogen) atoms. The number of benzene rings is 2. The van der Waals surface area contributed by atoms with Crippen LogP contribution in [0, 0.1) is 12.7 Å². The van der Waals surface area contributed by atoms with Crippen molar-refractivity contribution in [3.63, 3.8) is 0 Å². The molecule has 1 saturated heterocycles. The van der Waals surface area contributed by atoms with Gasteiger partial charge in [-0.2, -0.15) is 4.98 Å². The molecule has 1 N–H and O–H groups in total. The second kappa shape index (κ2) is 7.83. The smallest absolute Gasteiger partial charge is 0.251 e. The van der Waals surface area contributed by atoms with Gasteiger partial charge in [-0.1, -0.05) is 29.4 Å². The highest BCUT2D eigenvalue weighted by Gasteiger charge is 2.35. The lowest BCUT2D eigenvalue weighted by atomic mass is 10.1. The molecule has 7 nitrogen and oxygen atoms in total. The van der Waals surface area contributed by atoms with E-state index in [9.17, 15) is 14.0 Å². The Morgan fingerprint density at radius 1 is 1.28 bits per heavy atom. The normalized spacial score (nSPS) is 16.3. The van der Waals surface area contributed by atoms with Crippen molar-refractivity contribution in [1.82, 2.24) is 15.5 Å². The first-order chi connectivity index (χ1) is 14.0. The van der Waals surface area contributed by atoms with Crippen LogP contribution >= 0.6 is 0 Å². The number of hydrogen-bond acceptors (Lipinski definition) is 5. The first-order valence-electron chi connectivity index (χ1n) is 9.23. The molecule has 1 fully saturated rings. The van der Waals surface area contributed by atoms with Gasteiger partial charge in [-0.3, -0.25) is 9.59 Å². The molecule has 2 amide bonds. The van der Waals surface area contributed by atoms with Crippen molar-refractivity contribution in [1.29, 1.82) is 0 Å². The molecule has 4 rings (SSSR count). The van der Waals surface area contributed by atoms with Gasteiger partial charge in [0.15, 0.2) is 5.82 Å². The van der Waals surface area contributed by atoms with Gasteiger partial charge in [0.25, 0.3) is 5.91 Å². The number of carbonyl (C=O) groups excluding carboxylic acids is 2. The van der Waals surface area contributed by atoms with E-state index in [4.69, 9.17) is 4.52 Å². The van der Waals surface area contributed by atoms with Crippen molar-refractivity contribution in [2.75, 3.05) is 11.4 Å². The molecule has 2 heterocycles. The average molecular weight is 394 g/mol. The SMILES string of the molecule is Cc1ccc(F)c(N2CC(c3noc(CNC(=O)c4ccccc4)n3)CC2=O)c1. The molecule has 0 aliphatic carbocycles. The van der Waals surface area contributed by atoms with Crippen LogP contribution in [0.3, 0.4) is 0 Å². The third kappa shape index (κ3) is 4.01. The maximum atomic E-state index is 14.2. The predicted octanol–water partition coefficient (Wildman–Crippen LogP) is 2.97. The lowest BCUT2D eigenvalue weighted by Gasteiger charge is -2.17. The molecule has 0 spiro atoms. The summed E-state index contributed by atoms with van der Waals surface area (Å²) in [5, 5.41) is 6.66. The molecule has 1 atom stereocenters. The highest BCUT2D eigenvalue weighted by molar-refractivity contribution is 5.96. The van der Waals surface area contributed by atoms with E-state index < -0.39 is 5.82 Å². The molecule has 0 saturated carbocycles. The molecular weight excluding hydrogens is 375 g/mol. The molecule has 2 aromatic carbocycles. The third-order valence-corrected chi connectivity index (χ3v) is 4.80. The Morgan fingerprint density at radius 3 is 2.86 bits per heavy atom. The molecule has 8 heteroatoms. The Hall–Kier alpha value is -3.55. The van der Waals surface area contributed by atoms with Crippen LogP contribution < -0.4 is 10.2 Å². The maximum absolute atomic E-state index is 14.2. The second-order valence-electron chi connectivity index (χ2n) is 6.96. The van der Waals surface area contributed by atoms with Crippen LogP contribution in [-0.4, -0.2) is 28.5 Å². The van der Waals surface area contributed by atoms with E-state index in [0.717, 1.165) is 5.56 Å². The van der Waals surface area contributed by atoms with Gasteiger partial charge in [0.2, 0.25) is 11.8 Å². The summed E-state index contributed by atoms with van der Waals surface area (Å²) in [4.78, 5) is 30.2. The molecule has 0 bridgehead atoms. The zero-order chi connectivity index (χ0) is 20.4. The summed E-state index contributed by atoms with van der Waals surface area (Å²) >= 11 is 0. The van der Waals surface area contributed by atoms with Gasteiger partial charge in [-0.05, 0) is 36.8 Å².